The van der Waals surface area contributed by atoms with E-state index in [0.717, 1.165) is 36.4 Å². The van der Waals surface area contributed by atoms with Crippen LogP contribution in [0.15, 0.2) is 24.3 Å². The first kappa shape index (κ1) is 24.5. The van der Waals surface area contributed by atoms with Crippen LogP contribution >= 0.6 is 0 Å². The Morgan fingerprint density at radius 1 is 1.17 bits per heavy atom. The minimum Gasteiger partial charge on any atom is -0.496 e. The van der Waals surface area contributed by atoms with E-state index in [-0.39, 0.29) is 35.7 Å². The number of likely N-dealkylation sites (tertiary alicyclic amines) is 1. The quantitative estimate of drug-likeness (QED) is 0.518. The number of nitrogens with two attached hydrogens (primary N) is 1. The van der Waals surface area contributed by atoms with Crippen molar-refractivity contribution in [3.8, 4) is 5.75 Å². The third-order valence-corrected chi connectivity index (χ3v) is 9.28. The van der Waals surface area contributed by atoms with Gasteiger partial charge in [-0.15, -0.1) is 0 Å². The van der Waals surface area contributed by atoms with Crippen LogP contribution in [0.3, 0.4) is 0 Å². The minimum absolute atomic E-state index is 0.0112. The zero-order valence-electron chi connectivity index (χ0n) is 26.0. The highest BCUT2D eigenvalue weighted by Gasteiger charge is 2.54. The van der Waals surface area contributed by atoms with Crippen molar-refractivity contribution in [3.63, 3.8) is 0 Å². The number of carbonyl (C=O) groups excluding carboxylic acids is 2. The average Bonchev–Trinajstić information content (AvgIpc) is 3.83. The Morgan fingerprint density at radius 3 is 2.61 bits per heavy atom. The first-order valence-electron chi connectivity index (χ1n) is 15.7. The van der Waals surface area contributed by atoms with E-state index in [9.17, 15) is 22.8 Å². The van der Waals surface area contributed by atoms with Gasteiger partial charge >= 0.3 is 6.18 Å². The van der Waals surface area contributed by atoms with Crippen LogP contribution in [0.4, 0.5) is 13.2 Å². The van der Waals surface area contributed by atoms with Crippen molar-refractivity contribution in [2.75, 3.05) is 39.8 Å². The van der Waals surface area contributed by atoms with E-state index in [1.807, 2.05) is 6.07 Å². The molecule has 2 amide bonds. The molecule has 2 N–H and O–H groups in total. The van der Waals surface area contributed by atoms with E-state index in [4.69, 9.17) is 14.6 Å². The van der Waals surface area contributed by atoms with Crippen molar-refractivity contribution in [2.45, 2.75) is 75.3 Å². The van der Waals surface area contributed by atoms with Crippen molar-refractivity contribution in [1.82, 2.24) is 24.5 Å². The van der Waals surface area contributed by atoms with Gasteiger partial charge in [0.2, 0.25) is 11.8 Å². The number of nitrogens with zero attached hydrogens (tertiary/aromatic N) is 5. The van der Waals surface area contributed by atoms with Crippen LogP contribution in [0.5, 0.6) is 5.75 Å². The number of piperazine rings is 1. The van der Waals surface area contributed by atoms with Crippen molar-refractivity contribution in [1.29, 1.82) is 0 Å². The molecule has 4 aliphatic rings. The van der Waals surface area contributed by atoms with Crippen LogP contribution in [0.2, 0.25) is 0 Å². The van der Waals surface area contributed by atoms with Gasteiger partial charge < -0.3 is 15.4 Å². The Labute approximate surface area is 241 Å². The highest BCUT2D eigenvalue weighted by molar-refractivity contribution is 5.77. The Kier molecular flexibility index (Phi) is 6.15. The number of halogens is 3. The zero-order valence-corrected chi connectivity index (χ0v) is 23.0. The number of ether oxygens (including phenoxy) is 1. The molecule has 41 heavy (non-hydrogen) atoms. The Balaban J connectivity index is 1.32. The Bertz CT molecular complexity index is 1440. The molecule has 2 aliphatic heterocycles. The lowest BCUT2D eigenvalue weighted by Gasteiger charge is -2.46. The zero-order chi connectivity index (χ0) is 31.6. The Hall–Kier alpha value is -3.12. The average molecular weight is 578 g/mol. The second-order valence-corrected chi connectivity index (χ2v) is 11.9. The summed E-state index contributed by atoms with van der Waals surface area (Å²) in [6.07, 6.45) is -0.694. The summed E-state index contributed by atoms with van der Waals surface area (Å²) in [4.78, 5) is 31.7. The van der Waals surface area contributed by atoms with E-state index >= 15 is 0 Å². The number of benzene rings is 1. The number of alkyl halides is 3. The fourth-order valence-electron chi connectivity index (χ4n) is 6.84. The highest BCUT2D eigenvalue weighted by Crippen LogP contribution is 2.47. The van der Waals surface area contributed by atoms with E-state index in [2.05, 4.69) is 14.9 Å². The highest BCUT2D eigenvalue weighted by atomic mass is 19.4. The van der Waals surface area contributed by atoms with Crippen LogP contribution < -0.4 is 10.5 Å². The summed E-state index contributed by atoms with van der Waals surface area (Å²) in [5.74, 6) is -0.735. The SMILES string of the molecule is [2H]C([2H])([2H])Oc1cccc([C@H]2[C@@H](N3CCN(CC(N)=O)C4(CC4)C3)CCN2C(=O)Cn2nc(C3CC3)cc2C(F)(F)F)c1C. The predicted molar refractivity (Wildman–Crippen MR) is 144 cm³/mol. The first-order chi connectivity index (χ1) is 20.6. The van der Waals surface area contributed by atoms with Crippen LogP contribution in [0.25, 0.3) is 0 Å². The molecule has 4 fully saturated rings. The van der Waals surface area contributed by atoms with Crippen LogP contribution in [0.1, 0.15) is 70.7 Å². The first-order valence-corrected chi connectivity index (χ1v) is 14.2. The maximum atomic E-state index is 14.0. The summed E-state index contributed by atoms with van der Waals surface area (Å²) in [5.41, 5.74) is 5.99. The molecule has 3 heterocycles. The smallest absolute Gasteiger partial charge is 0.433 e. The molecule has 12 heteroatoms. The number of hydrogen-bond acceptors (Lipinski definition) is 6. The van der Waals surface area contributed by atoms with Gasteiger partial charge in [-0.05, 0) is 62.3 Å². The molecule has 2 aliphatic carbocycles. The van der Waals surface area contributed by atoms with Crippen molar-refractivity contribution >= 4 is 11.8 Å². The monoisotopic (exact) mass is 577 g/mol. The van der Waals surface area contributed by atoms with Crippen LogP contribution in [0, 0.1) is 6.92 Å². The molecule has 1 aromatic carbocycles. The topological polar surface area (TPSA) is 96.9 Å². The summed E-state index contributed by atoms with van der Waals surface area (Å²) in [7, 11) is -2.68. The van der Waals surface area contributed by atoms with Gasteiger partial charge in [0, 0.05) is 43.7 Å². The molecule has 222 valence electrons. The van der Waals surface area contributed by atoms with Gasteiger partial charge in [-0.1, -0.05) is 12.1 Å². The maximum absolute atomic E-state index is 14.0. The fraction of sp³-hybridized carbons (Fsp3) is 0.621. The second-order valence-electron chi connectivity index (χ2n) is 11.9. The number of primary amides is 1. The molecule has 9 nitrogen and oxygen atoms in total. The number of amides is 2. The van der Waals surface area contributed by atoms with Crippen LogP contribution in [-0.4, -0.2) is 87.6 Å². The Morgan fingerprint density at radius 2 is 1.95 bits per heavy atom. The van der Waals surface area contributed by atoms with E-state index in [1.165, 1.54) is 0 Å². The van der Waals surface area contributed by atoms with E-state index < -0.39 is 37.4 Å². The summed E-state index contributed by atoms with van der Waals surface area (Å²) in [6, 6.07) is 5.36. The van der Waals surface area contributed by atoms with Gasteiger partial charge in [0.25, 0.3) is 0 Å². The molecule has 2 saturated heterocycles. The summed E-state index contributed by atoms with van der Waals surface area (Å²) in [6.45, 7) is 3.55. The molecule has 1 aromatic heterocycles. The largest absolute Gasteiger partial charge is 0.496 e. The lowest BCUT2D eigenvalue weighted by molar-refractivity contribution is -0.146. The number of hydrogen-bond donors (Lipinski definition) is 1. The summed E-state index contributed by atoms with van der Waals surface area (Å²) in [5, 5.41) is 4.20. The third kappa shape index (κ3) is 5.31. The second kappa shape index (κ2) is 10.3. The summed E-state index contributed by atoms with van der Waals surface area (Å²) >= 11 is 0. The molecular weight excluding hydrogens is 537 g/mol. The number of carbonyl (C=O) groups is 2. The van der Waals surface area contributed by atoms with E-state index in [1.54, 1.807) is 24.0 Å². The molecule has 6 rings (SSSR count). The van der Waals surface area contributed by atoms with Crippen LogP contribution in [-0.2, 0) is 22.3 Å². The normalized spacial score (nSPS) is 26.0. The maximum Gasteiger partial charge on any atom is 0.433 e. The van der Waals surface area contributed by atoms with Gasteiger partial charge in [-0.25, -0.2) is 0 Å². The predicted octanol–water partition coefficient (Wildman–Crippen LogP) is 3.07. The number of methoxy groups -OCH3 is 1. The van der Waals surface area contributed by atoms with Gasteiger partial charge in [-0.3, -0.25) is 24.1 Å². The molecule has 2 atom stereocenters. The number of rotatable bonds is 8. The molecule has 2 aromatic rings. The lowest BCUT2D eigenvalue weighted by Crippen LogP contribution is -2.59. The van der Waals surface area contributed by atoms with Crippen molar-refractivity contribution < 1.29 is 31.6 Å². The van der Waals surface area contributed by atoms with Crippen molar-refractivity contribution in [3.05, 3.63) is 46.8 Å². The standard InChI is InChI=1S/C29H37F3N6O3/c1-18-20(4-3-5-23(18)41-2)27-22(35-12-13-36(15-25(33)39)28(17-35)9-10-28)8-11-37(27)26(40)16-38-24(29(30,31)32)14-21(34-38)19-6-7-19/h3-5,14,19,22,27H,6-13,15-17H2,1-2H3,(H2,33,39)/t22-,27-/m0/s1/i2D3. The van der Waals surface area contributed by atoms with Gasteiger partial charge in [0.05, 0.1) is 29.4 Å². The molecular formula is C29H37F3N6O3. The molecule has 1 spiro atoms. The van der Waals surface area contributed by atoms with Gasteiger partial charge in [0.1, 0.15) is 18.0 Å². The van der Waals surface area contributed by atoms with Gasteiger partial charge in [0.15, 0.2) is 0 Å². The molecule has 0 bridgehead atoms. The molecule has 2 saturated carbocycles. The molecule has 0 unspecified atom stereocenters. The fourth-order valence-corrected chi connectivity index (χ4v) is 6.84. The van der Waals surface area contributed by atoms with E-state index in [0.29, 0.717) is 49.4 Å². The third-order valence-electron chi connectivity index (χ3n) is 9.28. The van der Waals surface area contributed by atoms with Crippen molar-refractivity contribution in [2.24, 2.45) is 5.73 Å². The number of aromatic nitrogens is 2. The summed E-state index contributed by atoms with van der Waals surface area (Å²) < 4.78 is 70.7. The minimum atomic E-state index is -4.66. The molecule has 0 radical (unpaired) electrons. The lowest BCUT2D eigenvalue weighted by atomic mass is 9.93. The van der Waals surface area contributed by atoms with Gasteiger partial charge in [-0.2, -0.15) is 18.3 Å².